The lowest BCUT2D eigenvalue weighted by molar-refractivity contribution is 0.0997. The van der Waals surface area contributed by atoms with Gasteiger partial charge in [0.1, 0.15) is 5.56 Å². The topological polar surface area (TPSA) is 91.2 Å². The molecular formula is C12H9ClFN3O2. The van der Waals surface area contributed by atoms with Crippen molar-refractivity contribution in [3.05, 3.63) is 46.9 Å². The minimum Gasteiger partial charge on any atom is -0.435 e. The van der Waals surface area contributed by atoms with Crippen molar-refractivity contribution in [2.45, 2.75) is 0 Å². The number of carbonyl (C=O) groups is 1. The molecule has 5 nitrogen and oxygen atoms in total. The van der Waals surface area contributed by atoms with Crippen LogP contribution in [0.25, 0.3) is 0 Å². The molecule has 1 aromatic carbocycles. The zero-order chi connectivity index (χ0) is 14.0. The number of nitrogen functional groups attached to an aromatic ring is 1. The van der Waals surface area contributed by atoms with Gasteiger partial charge in [-0.1, -0.05) is 17.7 Å². The number of benzene rings is 1. The number of ether oxygens (including phenoxy) is 1. The summed E-state index contributed by atoms with van der Waals surface area (Å²) in [6.45, 7) is 0. The van der Waals surface area contributed by atoms with Gasteiger partial charge in [0.05, 0.1) is 16.9 Å². The quantitative estimate of drug-likeness (QED) is 0.903. The lowest BCUT2D eigenvalue weighted by Gasteiger charge is -2.09. The number of anilines is 1. The largest absolute Gasteiger partial charge is 0.435 e. The standard InChI is InChI=1S/C12H9ClFN3O2/c13-8-2-1-3-9(10(8)14)19-12-7(11(16)18)4-6(15)5-17-12/h1-5H,15H2,(H2,16,18). The van der Waals surface area contributed by atoms with E-state index in [2.05, 4.69) is 4.98 Å². The van der Waals surface area contributed by atoms with Gasteiger partial charge < -0.3 is 16.2 Å². The number of carbonyl (C=O) groups excluding carboxylic acids is 1. The maximum atomic E-state index is 13.7. The first-order valence-electron chi connectivity index (χ1n) is 5.16. The number of primary amides is 1. The predicted octanol–water partition coefficient (Wildman–Crippen LogP) is 2.35. The summed E-state index contributed by atoms with van der Waals surface area (Å²) in [5.74, 6) is -1.83. The van der Waals surface area contributed by atoms with Gasteiger partial charge in [0, 0.05) is 0 Å². The van der Waals surface area contributed by atoms with E-state index in [1.165, 1.54) is 30.5 Å². The van der Waals surface area contributed by atoms with Gasteiger partial charge in [-0.2, -0.15) is 0 Å². The van der Waals surface area contributed by atoms with Crippen LogP contribution in [0.2, 0.25) is 5.02 Å². The first-order valence-corrected chi connectivity index (χ1v) is 5.54. The van der Waals surface area contributed by atoms with Crippen LogP contribution in [-0.4, -0.2) is 10.9 Å². The number of hydrogen-bond acceptors (Lipinski definition) is 4. The van der Waals surface area contributed by atoms with E-state index in [9.17, 15) is 9.18 Å². The van der Waals surface area contributed by atoms with Crippen LogP contribution in [0.15, 0.2) is 30.5 Å². The van der Waals surface area contributed by atoms with E-state index in [1.807, 2.05) is 0 Å². The summed E-state index contributed by atoms with van der Waals surface area (Å²) in [4.78, 5) is 15.1. The van der Waals surface area contributed by atoms with Crippen LogP contribution in [0.3, 0.4) is 0 Å². The Kier molecular flexibility index (Phi) is 3.52. The fraction of sp³-hybridized carbons (Fsp3) is 0. The van der Waals surface area contributed by atoms with Gasteiger partial charge in [0.15, 0.2) is 11.6 Å². The predicted molar refractivity (Wildman–Crippen MR) is 68.7 cm³/mol. The van der Waals surface area contributed by atoms with Gasteiger partial charge in [0.2, 0.25) is 5.88 Å². The molecule has 1 aromatic heterocycles. The van der Waals surface area contributed by atoms with Crippen molar-refractivity contribution >= 4 is 23.2 Å². The maximum Gasteiger partial charge on any atom is 0.254 e. The second kappa shape index (κ2) is 5.11. The highest BCUT2D eigenvalue weighted by Gasteiger charge is 2.15. The Morgan fingerprint density at radius 3 is 2.84 bits per heavy atom. The molecule has 0 bridgehead atoms. The average molecular weight is 282 g/mol. The SMILES string of the molecule is NC(=O)c1cc(N)cnc1Oc1cccc(Cl)c1F. The second-order valence-electron chi connectivity index (χ2n) is 3.64. The molecule has 0 aliphatic carbocycles. The lowest BCUT2D eigenvalue weighted by atomic mass is 10.2. The molecule has 2 rings (SSSR count). The molecule has 0 spiro atoms. The number of amides is 1. The molecule has 1 heterocycles. The Labute approximate surface area is 112 Å². The van der Waals surface area contributed by atoms with Crippen LogP contribution in [-0.2, 0) is 0 Å². The summed E-state index contributed by atoms with van der Waals surface area (Å²) < 4.78 is 18.9. The fourth-order valence-electron chi connectivity index (χ4n) is 1.39. The third kappa shape index (κ3) is 2.74. The molecule has 0 aliphatic rings. The summed E-state index contributed by atoms with van der Waals surface area (Å²) in [6.07, 6.45) is 1.27. The van der Waals surface area contributed by atoms with Crippen molar-refractivity contribution in [1.29, 1.82) is 0 Å². The van der Waals surface area contributed by atoms with E-state index in [-0.39, 0.29) is 27.9 Å². The number of hydrogen-bond donors (Lipinski definition) is 2. The highest BCUT2D eigenvalue weighted by molar-refractivity contribution is 6.30. The molecule has 7 heteroatoms. The van der Waals surface area contributed by atoms with E-state index < -0.39 is 11.7 Å². The molecule has 0 saturated heterocycles. The third-order valence-corrected chi connectivity index (χ3v) is 2.55. The van der Waals surface area contributed by atoms with Gasteiger partial charge in [-0.15, -0.1) is 0 Å². The summed E-state index contributed by atoms with van der Waals surface area (Å²) >= 11 is 5.62. The minimum absolute atomic E-state index is 0.0422. The molecule has 2 aromatic rings. The van der Waals surface area contributed by atoms with Crippen molar-refractivity contribution in [1.82, 2.24) is 4.98 Å². The number of pyridine rings is 1. The van der Waals surface area contributed by atoms with Crippen LogP contribution >= 0.6 is 11.6 Å². The van der Waals surface area contributed by atoms with Crippen molar-refractivity contribution in [2.24, 2.45) is 5.73 Å². The zero-order valence-corrected chi connectivity index (χ0v) is 10.3. The monoisotopic (exact) mass is 281 g/mol. The molecule has 19 heavy (non-hydrogen) atoms. The van der Waals surface area contributed by atoms with E-state index in [1.54, 1.807) is 0 Å². The van der Waals surface area contributed by atoms with Crippen molar-refractivity contribution < 1.29 is 13.9 Å². The third-order valence-electron chi connectivity index (χ3n) is 2.26. The molecule has 1 amide bonds. The van der Waals surface area contributed by atoms with Crippen LogP contribution in [0, 0.1) is 5.82 Å². The lowest BCUT2D eigenvalue weighted by Crippen LogP contribution is -2.13. The van der Waals surface area contributed by atoms with Crippen LogP contribution in [0.1, 0.15) is 10.4 Å². The Balaban J connectivity index is 2.44. The van der Waals surface area contributed by atoms with E-state index in [4.69, 9.17) is 27.8 Å². The smallest absolute Gasteiger partial charge is 0.254 e. The van der Waals surface area contributed by atoms with Gasteiger partial charge in [-0.05, 0) is 18.2 Å². The summed E-state index contributed by atoms with van der Waals surface area (Å²) in [7, 11) is 0. The second-order valence-corrected chi connectivity index (χ2v) is 4.05. The fourth-order valence-corrected chi connectivity index (χ4v) is 1.56. The first kappa shape index (κ1) is 13.1. The number of nitrogens with zero attached hydrogens (tertiary/aromatic N) is 1. The summed E-state index contributed by atoms with van der Waals surface area (Å²) in [5, 5.41) is -0.103. The molecular weight excluding hydrogens is 273 g/mol. The van der Waals surface area contributed by atoms with Gasteiger partial charge >= 0.3 is 0 Å². The number of rotatable bonds is 3. The minimum atomic E-state index is -0.780. The molecule has 4 N–H and O–H groups in total. The zero-order valence-electron chi connectivity index (χ0n) is 9.56. The number of nitrogens with two attached hydrogens (primary N) is 2. The molecule has 0 fully saturated rings. The Hall–Kier alpha value is -2.34. The number of halogens is 2. The highest BCUT2D eigenvalue weighted by atomic mass is 35.5. The van der Waals surface area contributed by atoms with Crippen molar-refractivity contribution in [3.8, 4) is 11.6 Å². The molecule has 0 saturated carbocycles. The Morgan fingerprint density at radius 1 is 1.42 bits per heavy atom. The van der Waals surface area contributed by atoms with E-state index in [0.717, 1.165) is 0 Å². The Bertz CT molecular complexity index is 649. The van der Waals surface area contributed by atoms with Crippen molar-refractivity contribution in [3.63, 3.8) is 0 Å². The Morgan fingerprint density at radius 2 is 2.16 bits per heavy atom. The highest BCUT2D eigenvalue weighted by Crippen LogP contribution is 2.29. The summed E-state index contributed by atoms with van der Waals surface area (Å²) in [6, 6.07) is 5.52. The van der Waals surface area contributed by atoms with Gasteiger partial charge in [-0.3, -0.25) is 4.79 Å². The normalized spacial score (nSPS) is 10.2. The molecule has 0 atom stereocenters. The first-order chi connectivity index (χ1) is 8.99. The maximum absolute atomic E-state index is 13.7. The van der Waals surface area contributed by atoms with E-state index >= 15 is 0 Å². The van der Waals surface area contributed by atoms with Gasteiger partial charge in [-0.25, -0.2) is 9.37 Å². The average Bonchev–Trinajstić information content (AvgIpc) is 2.36. The molecule has 0 radical (unpaired) electrons. The molecule has 0 unspecified atom stereocenters. The van der Waals surface area contributed by atoms with Crippen LogP contribution in [0.5, 0.6) is 11.6 Å². The van der Waals surface area contributed by atoms with Crippen LogP contribution < -0.4 is 16.2 Å². The number of aromatic nitrogens is 1. The van der Waals surface area contributed by atoms with Gasteiger partial charge in [0.25, 0.3) is 5.91 Å². The van der Waals surface area contributed by atoms with Crippen LogP contribution in [0.4, 0.5) is 10.1 Å². The molecule has 0 aliphatic heterocycles. The summed E-state index contributed by atoms with van der Waals surface area (Å²) in [5.41, 5.74) is 10.9. The molecule has 98 valence electrons. The van der Waals surface area contributed by atoms with Crippen molar-refractivity contribution in [2.75, 3.05) is 5.73 Å². The van der Waals surface area contributed by atoms with E-state index in [0.29, 0.717) is 0 Å².